The molecular weight excluding hydrogens is 560 g/mol. The maximum atomic E-state index is 13.2. The number of amides is 1. The van der Waals surface area contributed by atoms with Gasteiger partial charge in [0.25, 0.3) is 11.7 Å². The number of para-hydroxylation sites is 1. The molecule has 0 unspecified atom stereocenters. The number of ether oxygens (including phenoxy) is 3. The number of aromatic hydroxyl groups is 1. The van der Waals surface area contributed by atoms with E-state index >= 15 is 0 Å². The number of Topliss-reactive ketones (excluding diaryl/α,β-unsaturated/α-hetero) is 1. The maximum Gasteiger partial charge on any atom is 0.300 e. The highest BCUT2D eigenvalue weighted by Crippen LogP contribution is 2.42. The second-order valence-electron chi connectivity index (χ2n) is 10.2. The van der Waals surface area contributed by atoms with E-state index in [-0.39, 0.29) is 11.1 Å². The van der Waals surface area contributed by atoms with E-state index in [4.69, 9.17) is 18.6 Å². The second kappa shape index (κ2) is 11.9. The van der Waals surface area contributed by atoms with Crippen LogP contribution in [0.5, 0.6) is 23.0 Å². The first kappa shape index (κ1) is 28.4. The standard InChI is InChI=1S/C35H30N2O7/c1-41-25-16-17-27-26(20-25)33-30(37(27)24-7-5-4-6-8-24)31(38)34(44-33)32(39)35(40)36-23-14-11-21(12-15-23)9-10-22-13-18-28(42-2)29(19-22)43-3/h4-8,11-20,38H,9-10H2,1-3H3,(H,36,40). The summed E-state index contributed by atoms with van der Waals surface area (Å²) in [5.74, 6) is -0.833. The molecule has 9 nitrogen and oxygen atoms in total. The second-order valence-corrected chi connectivity index (χ2v) is 10.2. The number of furan rings is 1. The molecule has 6 aromatic rings. The zero-order chi connectivity index (χ0) is 30.8. The summed E-state index contributed by atoms with van der Waals surface area (Å²) in [6, 6.07) is 27.9. The number of carbonyl (C=O) groups excluding carboxylic acids is 2. The third-order valence-corrected chi connectivity index (χ3v) is 7.56. The van der Waals surface area contributed by atoms with Crippen molar-refractivity contribution in [1.29, 1.82) is 0 Å². The summed E-state index contributed by atoms with van der Waals surface area (Å²) in [4.78, 5) is 26.3. The Kier molecular flexibility index (Phi) is 7.68. The summed E-state index contributed by atoms with van der Waals surface area (Å²) in [6.07, 6.45) is 1.54. The van der Waals surface area contributed by atoms with Crippen molar-refractivity contribution in [3.63, 3.8) is 0 Å². The van der Waals surface area contributed by atoms with Crippen molar-refractivity contribution in [2.24, 2.45) is 0 Å². The van der Waals surface area contributed by atoms with Gasteiger partial charge in [0, 0.05) is 16.8 Å². The molecule has 0 saturated heterocycles. The number of aromatic nitrogens is 1. The lowest BCUT2D eigenvalue weighted by molar-refractivity contribution is -0.112. The van der Waals surface area contributed by atoms with Crippen LogP contribution in [-0.4, -0.2) is 42.7 Å². The molecule has 44 heavy (non-hydrogen) atoms. The van der Waals surface area contributed by atoms with E-state index in [0.29, 0.717) is 28.3 Å². The topological polar surface area (TPSA) is 112 Å². The molecule has 222 valence electrons. The fraction of sp³-hybridized carbons (Fsp3) is 0.143. The summed E-state index contributed by atoms with van der Waals surface area (Å²) in [5.41, 5.74) is 4.66. The number of nitrogens with zero attached hydrogens (tertiary/aromatic N) is 1. The molecule has 0 aliphatic carbocycles. The minimum atomic E-state index is -0.994. The quantitative estimate of drug-likeness (QED) is 0.135. The number of anilines is 1. The van der Waals surface area contributed by atoms with Crippen molar-refractivity contribution < 1.29 is 33.3 Å². The fourth-order valence-corrected chi connectivity index (χ4v) is 5.31. The zero-order valence-corrected chi connectivity index (χ0v) is 24.4. The van der Waals surface area contributed by atoms with Gasteiger partial charge in [-0.2, -0.15) is 0 Å². The van der Waals surface area contributed by atoms with Crippen LogP contribution < -0.4 is 19.5 Å². The SMILES string of the molecule is COc1ccc2c(c1)c1oc(C(=O)C(=O)Nc3ccc(CCc4ccc(OC)c(OC)c4)cc3)c(O)c1n2-c1ccccc1. The van der Waals surface area contributed by atoms with Crippen LogP contribution in [0.25, 0.3) is 27.7 Å². The number of hydrogen-bond acceptors (Lipinski definition) is 7. The number of ketones is 1. The molecule has 2 heterocycles. The molecule has 2 aromatic heterocycles. The van der Waals surface area contributed by atoms with Crippen molar-refractivity contribution in [1.82, 2.24) is 4.57 Å². The molecule has 0 fully saturated rings. The van der Waals surface area contributed by atoms with Crippen LogP contribution in [0, 0.1) is 0 Å². The van der Waals surface area contributed by atoms with Crippen LogP contribution in [0.1, 0.15) is 21.7 Å². The Morgan fingerprint density at radius 3 is 2.20 bits per heavy atom. The first-order valence-corrected chi connectivity index (χ1v) is 14.0. The number of benzene rings is 4. The minimum Gasteiger partial charge on any atom is -0.503 e. The number of nitrogens with one attached hydrogen (secondary N) is 1. The van der Waals surface area contributed by atoms with E-state index in [1.807, 2.05) is 66.7 Å². The van der Waals surface area contributed by atoms with Crippen molar-refractivity contribution in [3.8, 4) is 28.7 Å². The van der Waals surface area contributed by atoms with Gasteiger partial charge in [-0.25, -0.2) is 0 Å². The molecule has 0 radical (unpaired) electrons. The van der Waals surface area contributed by atoms with Crippen LogP contribution in [0.4, 0.5) is 5.69 Å². The van der Waals surface area contributed by atoms with Gasteiger partial charge in [0.15, 0.2) is 22.8 Å². The van der Waals surface area contributed by atoms with E-state index in [1.165, 1.54) is 0 Å². The molecule has 0 spiro atoms. The number of fused-ring (bicyclic) bond motifs is 3. The van der Waals surface area contributed by atoms with Gasteiger partial charge in [0.05, 0.1) is 26.8 Å². The van der Waals surface area contributed by atoms with E-state index in [9.17, 15) is 14.7 Å². The van der Waals surface area contributed by atoms with Gasteiger partial charge in [-0.3, -0.25) is 9.59 Å². The summed E-state index contributed by atoms with van der Waals surface area (Å²) in [5, 5.41) is 14.5. The van der Waals surface area contributed by atoms with Crippen molar-refractivity contribution >= 4 is 39.4 Å². The highest BCUT2D eigenvalue weighted by Gasteiger charge is 2.30. The van der Waals surface area contributed by atoms with Crippen molar-refractivity contribution in [2.75, 3.05) is 26.6 Å². The van der Waals surface area contributed by atoms with Crippen LogP contribution in [0.2, 0.25) is 0 Å². The molecule has 1 amide bonds. The molecule has 9 heteroatoms. The Hall–Kier alpha value is -5.70. The molecule has 0 aliphatic heterocycles. The molecule has 6 rings (SSSR count). The molecule has 0 aliphatic rings. The number of carbonyl (C=O) groups is 2. The fourth-order valence-electron chi connectivity index (χ4n) is 5.31. The molecule has 0 saturated carbocycles. The minimum absolute atomic E-state index is 0.273. The van der Waals surface area contributed by atoms with Crippen LogP contribution in [0.3, 0.4) is 0 Å². The monoisotopic (exact) mass is 590 g/mol. The van der Waals surface area contributed by atoms with Gasteiger partial charge in [0.2, 0.25) is 5.76 Å². The molecule has 0 atom stereocenters. The normalized spacial score (nSPS) is 11.1. The Morgan fingerprint density at radius 2 is 1.50 bits per heavy atom. The molecule has 0 bridgehead atoms. The van der Waals surface area contributed by atoms with Crippen LogP contribution >= 0.6 is 0 Å². The smallest absolute Gasteiger partial charge is 0.300 e. The van der Waals surface area contributed by atoms with Gasteiger partial charge in [0.1, 0.15) is 11.3 Å². The average molecular weight is 591 g/mol. The van der Waals surface area contributed by atoms with E-state index in [2.05, 4.69) is 5.32 Å². The first-order valence-electron chi connectivity index (χ1n) is 14.0. The largest absolute Gasteiger partial charge is 0.503 e. The maximum absolute atomic E-state index is 13.2. The third-order valence-electron chi connectivity index (χ3n) is 7.56. The van der Waals surface area contributed by atoms with Gasteiger partial charge in [-0.1, -0.05) is 36.4 Å². The van der Waals surface area contributed by atoms with E-state index < -0.39 is 23.2 Å². The van der Waals surface area contributed by atoms with E-state index in [1.54, 1.807) is 50.2 Å². The number of rotatable bonds is 10. The summed E-state index contributed by atoms with van der Waals surface area (Å²) < 4.78 is 23.8. The van der Waals surface area contributed by atoms with Gasteiger partial charge in [-0.15, -0.1) is 0 Å². The number of aryl methyl sites for hydroxylation is 2. The lowest BCUT2D eigenvalue weighted by Gasteiger charge is -2.10. The first-order chi connectivity index (χ1) is 21.4. The van der Waals surface area contributed by atoms with Crippen LogP contribution in [-0.2, 0) is 17.6 Å². The number of hydrogen-bond donors (Lipinski definition) is 2. The molecular formula is C35H30N2O7. The van der Waals surface area contributed by atoms with Gasteiger partial charge < -0.3 is 33.6 Å². The van der Waals surface area contributed by atoms with E-state index in [0.717, 1.165) is 35.2 Å². The predicted molar refractivity (Wildman–Crippen MR) is 168 cm³/mol. The van der Waals surface area contributed by atoms with Crippen molar-refractivity contribution in [3.05, 3.63) is 108 Å². The Morgan fingerprint density at radius 1 is 0.795 bits per heavy atom. The lowest BCUT2D eigenvalue weighted by Crippen LogP contribution is -2.22. The van der Waals surface area contributed by atoms with Crippen molar-refractivity contribution in [2.45, 2.75) is 12.8 Å². The summed E-state index contributed by atoms with van der Waals surface area (Å²) >= 11 is 0. The molecule has 4 aromatic carbocycles. The third kappa shape index (κ3) is 5.20. The summed E-state index contributed by atoms with van der Waals surface area (Å²) in [6.45, 7) is 0. The lowest BCUT2D eigenvalue weighted by atomic mass is 10.0. The van der Waals surface area contributed by atoms with Gasteiger partial charge >= 0.3 is 0 Å². The Labute approximate surface area is 253 Å². The molecule has 2 N–H and O–H groups in total. The number of methoxy groups -OCH3 is 3. The summed E-state index contributed by atoms with van der Waals surface area (Å²) in [7, 11) is 4.76. The van der Waals surface area contributed by atoms with Gasteiger partial charge in [-0.05, 0) is 78.6 Å². The average Bonchev–Trinajstić information content (AvgIpc) is 3.57. The predicted octanol–water partition coefficient (Wildman–Crippen LogP) is 6.71. The highest BCUT2D eigenvalue weighted by molar-refractivity contribution is 6.47. The van der Waals surface area contributed by atoms with Crippen LogP contribution in [0.15, 0.2) is 95.4 Å². The Bertz CT molecular complexity index is 1990. The Balaban J connectivity index is 1.22. The zero-order valence-electron chi connectivity index (χ0n) is 24.4. The highest BCUT2D eigenvalue weighted by atomic mass is 16.5.